The van der Waals surface area contributed by atoms with E-state index in [1.54, 1.807) is 12.1 Å². The van der Waals surface area contributed by atoms with Gasteiger partial charge in [0.05, 0.1) is 0 Å². The Kier molecular flexibility index (Phi) is 2.30. The van der Waals surface area contributed by atoms with Crippen molar-refractivity contribution in [2.24, 2.45) is 11.5 Å². The molecule has 0 aliphatic rings. The molecule has 4 heteroatoms. The predicted molar refractivity (Wildman–Crippen MR) is 49.8 cm³/mol. The molecule has 0 aliphatic heterocycles. The number of hydrogen-bond donors (Lipinski definition) is 4. The minimum atomic E-state index is -0.0175. The Morgan fingerprint density at radius 3 is 2.50 bits per heavy atom. The quantitative estimate of drug-likeness (QED) is 0.281. The Morgan fingerprint density at radius 2 is 2.08 bits per heavy atom. The van der Waals surface area contributed by atoms with Gasteiger partial charge in [-0.1, -0.05) is 6.07 Å². The predicted octanol–water partition coefficient (Wildman–Crippen LogP) is 0.0116. The first-order valence-electron chi connectivity index (χ1n) is 3.58. The van der Waals surface area contributed by atoms with Crippen LogP contribution in [0.15, 0.2) is 18.2 Å². The molecular formula is C8H12N4. The van der Waals surface area contributed by atoms with Gasteiger partial charge < -0.3 is 17.2 Å². The van der Waals surface area contributed by atoms with E-state index < -0.39 is 0 Å². The zero-order valence-electron chi connectivity index (χ0n) is 6.67. The molecule has 0 spiro atoms. The summed E-state index contributed by atoms with van der Waals surface area (Å²) in [7, 11) is 0. The van der Waals surface area contributed by atoms with Crippen molar-refractivity contribution in [1.29, 1.82) is 5.41 Å². The second-order valence-electron chi connectivity index (χ2n) is 2.54. The Morgan fingerprint density at radius 1 is 1.42 bits per heavy atom. The molecule has 0 fully saturated rings. The Hall–Kier alpha value is -1.55. The van der Waals surface area contributed by atoms with Crippen LogP contribution in [0.3, 0.4) is 0 Å². The van der Waals surface area contributed by atoms with Gasteiger partial charge in [0.1, 0.15) is 5.84 Å². The van der Waals surface area contributed by atoms with Crippen LogP contribution in [0.2, 0.25) is 0 Å². The lowest BCUT2D eigenvalue weighted by Crippen LogP contribution is -2.14. The van der Waals surface area contributed by atoms with Crippen molar-refractivity contribution in [2.75, 3.05) is 5.73 Å². The van der Waals surface area contributed by atoms with E-state index in [4.69, 9.17) is 22.6 Å². The summed E-state index contributed by atoms with van der Waals surface area (Å²) in [6, 6.07) is 5.25. The number of rotatable bonds is 2. The fourth-order valence-electron chi connectivity index (χ4n) is 0.984. The van der Waals surface area contributed by atoms with Crippen LogP contribution < -0.4 is 17.2 Å². The third-order valence-corrected chi connectivity index (χ3v) is 1.64. The van der Waals surface area contributed by atoms with Gasteiger partial charge in [0.2, 0.25) is 0 Å². The van der Waals surface area contributed by atoms with Crippen LogP contribution in [-0.4, -0.2) is 5.84 Å². The molecular weight excluding hydrogens is 152 g/mol. The van der Waals surface area contributed by atoms with Gasteiger partial charge in [0.15, 0.2) is 0 Å². The fraction of sp³-hybridized carbons (Fsp3) is 0.125. The van der Waals surface area contributed by atoms with Crippen molar-refractivity contribution < 1.29 is 0 Å². The molecule has 12 heavy (non-hydrogen) atoms. The molecule has 0 aliphatic carbocycles. The van der Waals surface area contributed by atoms with Crippen molar-refractivity contribution in [3.05, 3.63) is 29.3 Å². The molecule has 0 unspecified atom stereocenters. The highest BCUT2D eigenvalue weighted by atomic mass is 14.7. The molecule has 0 radical (unpaired) electrons. The summed E-state index contributed by atoms with van der Waals surface area (Å²) in [6.45, 7) is 0.447. The first kappa shape index (κ1) is 8.55. The highest BCUT2D eigenvalue weighted by Crippen LogP contribution is 2.12. The molecule has 1 aromatic carbocycles. The van der Waals surface area contributed by atoms with Gasteiger partial charge in [-0.2, -0.15) is 0 Å². The number of hydrogen-bond acceptors (Lipinski definition) is 3. The lowest BCUT2D eigenvalue weighted by atomic mass is 10.1. The van der Waals surface area contributed by atoms with Crippen LogP contribution in [0, 0.1) is 5.41 Å². The maximum atomic E-state index is 7.17. The molecule has 1 aromatic rings. The van der Waals surface area contributed by atoms with Crippen LogP contribution in [0.25, 0.3) is 0 Å². The molecule has 64 valence electrons. The zero-order valence-corrected chi connectivity index (χ0v) is 6.67. The summed E-state index contributed by atoms with van der Waals surface area (Å²) < 4.78 is 0. The molecule has 1 rings (SSSR count). The van der Waals surface area contributed by atoms with Crippen LogP contribution in [0.4, 0.5) is 5.69 Å². The molecule has 4 nitrogen and oxygen atoms in total. The number of anilines is 1. The van der Waals surface area contributed by atoms with Gasteiger partial charge in [0.25, 0.3) is 0 Å². The summed E-state index contributed by atoms with van der Waals surface area (Å²) in [5.41, 5.74) is 18.3. The maximum absolute atomic E-state index is 7.17. The Balaban J connectivity index is 3.12. The fourth-order valence-corrected chi connectivity index (χ4v) is 0.984. The van der Waals surface area contributed by atoms with Crippen LogP contribution in [0.5, 0.6) is 0 Å². The van der Waals surface area contributed by atoms with Crippen molar-refractivity contribution in [2.45, 2.75) is 6.54 Å². The van der Waals surface area contributed by atoms with Crippen LogP contribution in [0.1, 0.15) is 11.1 Å². The largest absolute Gasteiger partial charge is 0.398 e. The van der Waals surface area contributed by atoms with Crippen molar-refractivity contribution in [3.63, 3.8) is 0 Å². The normalized spacial score (nSPS) is 9.75. The van der Waals surface area contributed by atoms with E-state index in [9.17, 15) is 0 Å². The molecule has 0 heterocycles. The lowest BCUT2D eigenvalue weighted by Gasteiger charge is -2.04. The van der Waals surface area contributed by atoms with Gasteiger partial charge in [-0.3, -0.25) is 5.41 Å². The number of benzene rings is 1. The van der Waals surface area contributed by atoms with E-state index >= 15 is 0 Å². The first-order chi connectivity index (χ1) is 5.65. The molecule has 0 atom stereocenters. The standard InChI is InChI=1S/C8H12N4/c9-4-5-1-2-6(8(11)12)7(10)3-5/h1-3H,4,9-10H2,(H3,11,12). The second-order valence-corrected chi connectivity index (χ2v) is 2.54. The molecule has 0 amide bonds. The highest BCUT2D eigenvalue weighted by molar-refractivity contribution is 5.99. The Bertz CT molecular complexity index is 306. The topological polar surface area (TPSA) is 102 Å². The van der Waals surface area contributed by atoms with Crippen LogP contribution >= 0.6 is 0 Å². The van der Waals surface area contributed by atoms with E-state index in [1.807, 2.05) is 6.07 Å². The van der Waals surface area contributed by atoms with Gasteiger partial charge in [0, 0.05) is 17.8 Å². The summed E-state index contributed by atoms with van der Waals surface area (Å²) in [5.74, 6) is -0.0175. The van der Waals surface area contributed by atoms with E-state index in [0.29, 0.717) is 17.8 Å². The van der Waals surface area contributed by atoms with Gasteiger partial charge in [-0.25, -0.2) is 0 Å². The maximum Gasteiger partial charge on any atom is 0.124 e. The van der Waals surface area contributed by atoms with E-state index in [0.717, 1.165) is 5.56 Å². The molecule has 0 bridgehead atoms. The molecule has 0 saturated carbocycles. The van der Waals surface area contributed by atoms with Crippen molar-refractivity contribution >= 4 is 11.5 Å². The average Bonchev–Trinajstić information content (AvgIpc) is 2.03. The van der Waals surface area contributed by atoms with Crippen molar-refractivity contribution in [3.8, 4) is 0 Å². The van der Waals surface area contributed by atoms with E-state index in [-0.39, 0.29) is 5.84 Å². The third kappa shape index (κ3) is 1.54. The smallest absolute Gasteiger partial charge is 0.124 e. The minimum Gasteiger partial charge on any atom is -0.398 e. The first-order valence-corrected chi connectivity index (χ1v) is 3.58. The summed E-state index contributed by atoms with van der Waals surface area (Å²) in [4.78, 5) is 0. The lowest BCUT2D eigenvalue weighted by molar-refractivity contribution is 1.07. The SMILES string of the molecule is N=C(N)c1ccc(CN)cc1N. The molecule has 7 N–H and O–H groups in total. The summed E-state index contributed by atoms with van der Waals surface area (Å²) in [5, 5.41) is 7.17. The minimum absolute atomic E-state index is 0.0175. The van der Waals surface area contributed by atoms with Gasteiger partial charge in [-0.15, -0.1) is 0 Å². The number of nitrogens with one attached hydrogen (secondary N) is 1. The summed E-state index contributed by atoms with van der Waals surface area (Å²) in [6.07, 6.45) is 0. The second kappa shape index (κ2) is 3.23. The Labute approximate surface area is 70.9 Å². The van der Waals surface area contributed by atoms with Crippen LogP contribution in [-0.2, 0) is 6.54 Å². The molecule has 0 saturated heterocycles. The third-order valence-electron chi connectivity index (χ3n) is 1.64. The number of nitrogens with two attached hydrogens (primary N) is 3. The van der Waals surface area contributed by atoms with E-state index in [1.165, 1.54) is 0 Å². The monoisotopic (exact) mass is 164 g/mol. The van der Waals surface area contributed by atoms with Gasteiger partial charge >= 0.3 is 0 Å². The molecule has 0 aromatic heterocycles. The highest BCUT2D eigenvalue weighted by Gasteiger charge is 2.01. The summed E-state index contributed by atoms with van der Waals surface area (Å²) >= 11 is 0. The zero-order chi connectivity index (χ0) is 9.14. The number of amidine groups is 1. The number of nitrogen functional groups attached to an aromatic ring is 2. The van der Waals surface area contributed by atoms with E-state index in [2.05, 4.69) is 0 Å². The van der Waals surface area contributed by atoms with Crippen molar-refractivity contribution in [1.82, 2.24) is 0 Å². The van der Waals surface area contributed by atoms with Gasteiger partial charge in [-0.05, 0) is 17.7 Å². The average molecular weight is 164 g/mol.